The van der Waals surface area contributed by atoms with Crippen LogP contribution in [0.3, 0.4) is 0 Å². The number of carbonyl (C=O) groups excluding carboxylic acids is 1. The summed E-state index contributed by atoms with van der Waals surface area (Å²) in [6, 6.07) is 0. The topological polar surface area (TPSA) is 26.3 Å². The van der Waals surface area contributed by atoms with Gasteiger partial charge in [-0.2, -0.15) is 0 Å². The Labute approximate surface area is 80.3 Å². The fourth-order valence-corrected chi connectivity index (χ4v) is 0.826. The van der Waals surface area contributed by atoms with E-state index in [1.807, 2.05) is 6.08 Å². The molecule has 2 nitrogen and oxygen atoms in total. The molecule has 0 saturated carbocycles. The van der Waals surface area contributed by atoms with Crippen molar-refractivity contribution in [1.82, 2.24) is 0 Å². The Hall–Kier alpha value is -1.05. The van der Waals surface area contributed by atoms with Gasteiger partial charge in [-0.3, -0.25) is 4.79 Å². The Balaban J connectivity index is 3.22. The molecule has 0 atom stereocenters. The van der Waals surface area contributed by atoms with Crippen molar-refractivity contribution in [3.05, 3.63) is 24.3 Å². The minimum Gasteiger partial charge on any atom is -0.466 e. The third kappa shape index (κ3) is 10.9. The second-order valence-electron chi connectivity index (χ2n) is 2.72. The van der Waals surface area contributed by atoms with Crippen molar-refractivity contribution in [2.24, 2.45) is 0 Å². The molecule has 0 aliphatic heterocycles. The lowest BCUT2D eigenvalue weighted by atomic mass is 10.3. The summed E-state index contributed by atoms with van der Waals surface area (Å²) >= 11 is 0. The third-order valence-electron chi connectivity index (χ3n) is 1.43. The first kappa shape index (κ1) is 11.9. The van der Waals surface area contributed by atoms with E-state index in [-0.39, 0.29) is 5.97 Å². The molecule has 0 rings (SSSR count). The van der Waals surface area contributed by atoms with Crippen LogP contribution >= 0.6 is 0 Å². The summed E-state index contributed by atoms with van der Waals surface area (Å²) in [7, 11) is 0. The number of hydrogen-bond acceptors (Lipinski definition) is 2. The van der Waals surface area contributed by atoms with Gasteiger partial charge in [0.15, 0.2) is 0 Å². The highest BCUT2D eigenvalue weighted by Crippen LogP contribution is 1.91. The Kier molecular flexibility index (Phi) is 8.31. The minimum atomic E-state index is -0.209. The summed E-state index contributed by atoms with van der Waals surface area (Å²) in [6.07, 6.45) is 11.2. The van der Waals surface area contributed by atoms with Crippen molar-refractivity contribution < 1.29 is 9.53 Å². The van der Waals surface area contributed by atoms with E-state index in [1.54, 1.807) is 0 Å². The standard InChI is InChI=1S/C11H18O2/c1-3-4-5-6-7-8-9-10-13-11(2)12/h4-5,7-8H,3,6,9-10H2,1-2H3/b5-4+,8-7-. The molecule has 74 valence electrons. The molecule has 0 heterocycles. The van der Waals surface area contributed by atoms with Crippen molar-refractivity contribution in [2.45, 2.75) is 33.1 Å². The van der Waals surface area contributed by atoms with Gasteiger partial charge in [0.05, 0.1) is 6.61 Å². The lowest BCUT2D eigenvalue weighted by Gasteiger charge is -1.95. The Morgan fingerprint density at radius 1 is 1.23 bits per heavy atom. The van der Waals surface area contributed by atoms with E-state index in [9.17, 15) is 4.79 Å². The monoisotopic (exact) mass is 182 g/mol. The van der Waals surface area contributed by atoms with Crippen LogP contribution in [-0.2, 0) is 9.53 Å². The first-order valence-electron chi connectivity index (χ1n) is 4.70. The van der Waals surface area contributed by atoms with Gasteiger partial charge in [0, 0.05) is 6.92 Å². The zero-order chi connectivity index (χ0) is 9.94. The molecule has 0 N–H and O–H groups in total. The molecule has 0 radical (unpaired) electrons. The summed E-state index contributed by atoms with van der Waals surface area (Å²) < 4.78 is 4.76. The zero-order valence-corrected chi connectivity index (χ0v) is 8.45. The predicted molar refractivity (Wildman–Crippen MR) is 54.4 cm³/mol. The largest absolute Gasteiger partial charge is 0.466 e. The molecule has 0 aromatic carbocycles. The molecule has 0 amide bonds. The maximum Gasteiger partial charge on any atom is 0.302 e. The van der Waals surface area contributed by atoms with Gasteiger partial charge in [-0.25, -0.2) is 0 Å². The van der Waals surface area contributed by atoms with E-state index < -0.39 is 0 Å². The number of ether oxygens (including phenoxy) is 1. The fraction of sp³-hybridized carbons (Fsp3) is 0.545. The molecule has 0 aromatic heterocycles. The summed E-state index contributed by atoms with van der Waals surface area (Å²) in [5, 5.41) is 0. The van der Waals surface area contributed by atoms with Gasteiger partial charge >= 0.3 is 5.97 Å². The maximum absolute atomic E-state index is 10.4. The molecule has 0 spiro atoms. The van der Waals surface area contributed by atoms with Gasteiger partial charge in [-0.05, 0) is 19.3 Å². The lowest BCUT2D eigenvalue weighted by molar-refractivity contribution is -0.140. The van der Waals surface area contributed by atoms with Crippen molar-refractivity contribution in [3.63, 3.8) is 0 Å². The van der Waals surface area contributed by atoms with Crippen LogP contribution in [0, 0.1) is 0 Å². The predicted octanol–water partition coefficient (Wildman–Crippen LogP) is 2.85. The van der Waals surface area contributed by atoms with Crippen LogP contribution in [0.2, 0.25) is 0 Å². The van der Waals surface area contributed by atoms with Crippen molar-refractivity contribution >= 4 is 5.97 Å². The number of carbonyl (C=O) groups is 1. The number of esters is 1. The summed E-state index contributed by atoms with van der Waals surface area (Å²) in [5.74, 6) is -0.209. The van der Waals surface area contributed by atoms with Gasteiger partial charge < -0.3 is 4.74 Å². The molecule has 0 aliphatic carbocycles. The first-order valence-corrected chi connectivity index (χ1v) is 4.70. The van der Waals surface area contributed by atoms with Crippen LogP contribution < -0.4 is 0 Å². The zero-order valence-electron chi connectivity index (χ0n) is 8.45. The quantitative estimate of drug-likeness (QED) is 0.358. The van der Waals surface area contributed by atoms with Crippen LogP contribution in [-0.4, -0.2) is 12.6 Å². The first-order chi connectivity index (χ1) is 6.27. The fourth-order valence-electron chi connectivity index (χ4n) is 0.826. The average molecular weight is 182 g/mol. The van der Waals surface area contributed by atoms with E-state index in [4.69, 9.17) is 4.74 Å². The summed E-state index contributed by atoms with van der Waals surface area (Å²) in [4.78, 5) is 10.4. The molecule has 0 unspecified atom stereocenters. The number of hydrogen-bond donors (Lipinski definition) is 0. The Morgan fingerprint density at radius 3 is 2.54 bits per heavy atom. The highest BCUT2D eigenvalue weighted by molar-refractivity contribution is 5.65. The molecule has 0 aliphatic rings. The highest BCUT2D eigenvalue weighted by atomic mass is 16.5. The average Bonchev–Trinajstić information content (AvgIpc) is 2.09. The van der Waals surface area contributed by atoms with Crippen LogP contribution in [0.15, 0.2) is 24.3 Å². The normalized spacial score (nSPS) is 11.2. The van der Waals surface area contributed by atoms with Crippen LogP contribution in [0.25, 0.3) is 0 Å². The molecule has 2 heteroatoms. The molecule has 13 heavy (non-hydrogen) atoms. The van der Waals surface area contributed by atoms with E-state index in [0.29, 0.717) is 6.61 Å². The summed E-state index contributed by atoms with van der Waals surface area (Å²) in [6.45, 7) is 4.03. The molecule has 0 fully saturated rings. The molecule has 0 aromatic rings. The number of rotatable bonds is 6. The van der Waals surface area contributed by atoms with E-state index >= 15 is 0 Å². The molecular formula is C11H18O2. The Morgan fingerprint density at radius 2 is 1.92 bits per heavy atom. The van der Waals surface area contributed by atoms with E-state index in [2.05, 4.69) is 25.2 Å². The second kappa shape index (κ2) is 9.04. The SMILES string of the molecule is CC/C=C/C/C=C\CCOC(C)=O. The third-order valence-corrected chi connectivity index (χ3v) is 1.43. The maximum atomic E-state index is 10.4. The smallest absolute Gasteiger partial charge is 0.302 e. The van der Waals surface area contributed by atoms with Crippen LogP contribution in [0.4, 0.5) is 0 Å². The Bertz CT molecular complexity index is 181. The number of allylic oxidation sites excluding steroid dienone is 3. The lowest BCUT2D eigenvalue weighted by Crippen LogP contribution is -1.98. The van der Waals surface area contributed by atoms with Crippen molar-refractivity contribution in [2.75, 3.05) is 6.61 Å². The van der Waals surface area contributed by atoms with E-state index in [1.165, 1.54) is 6.92 Å². The van der Waals surface area contributed by atoms with Gasteiger partial charge in [0.2, 0.25) is 0 Å². The van der Waals surface area contributed by atoms with Crippen molar-refractivity contribution in [1.29, 1.82) is 0 Å². The second-order valence-corrected chi connectivity index (χ2v) is 2.72. The van der Waals surface area contributed by atoms with Crippen LogP contribution in [0.1, 0.15) is 33.1 Å². The summed E-state index contributed by atoms with van der Waals surface area (Å²) in [5.41, 5.74) is 0. The van der Waals surface area contributed by atoms with Gasteiger partial charge in [-0.15, -0.1) is 0 Å². The van der Waals surface area contributed by atoms with Gasteiger partial charge in [-0.1, -0.05) is 31.2 Å². The highest BCUT2D eigenvalue weighted by Gasteiger charge is 1.87. The van der Waals surface area contributed by atoms with Gasteiger partial charge in [0.1, 0.15) is 0 Å². The van der Waals surface area contributed by atoms with Gasteiger partial charge in [0.25, 0.3) is 0 Å². The van der Waals surface area contributed by atoms with E-state index in [0.717, 1.165) is 19.3 Å². The minimum absolute atomic E-state index is 0.209. The molecular weight excluding hydrogens is 164 g/mol. The van der Waals surface area contributed by atoms with Crippen LogP contribution in [0.5, 0.6) is 0 Å². The molecule has 0 saturated heterocycles. The van der Waals surface area contributed by atoms with Crippen molar-refractivity contribution in [3.8, 4) is 0 Å². The molecule has 0 bridgehead atoms.